The molecule has 0 aliphatic carbocycles. The third-order valence-electron chi connectivity index (χ3n) is 11.4. The average molecular weight is 679 g/mol. The number of nitrogens with two attached hydrogens (primary N) is 1. The van der Waals surface area contributed by atoms with E-state index >= 15 is 0 Å². The molecule has 0 saturated heterocycles. The molecule has 0 fully saturated rings. The van der Waals surface area contributed by atoms with E-state index in [2.05, 4.69) is 203 Å². The molecule has 0 bridgehead atoms. The Labute approximate surface area is 307 Å². The highest BCUT2D eigenvalue weighted by molar-refractivity contribution is 6.28. The SMILES string of the molecule is c1ccc(-c2cccc(C3NC(c4cccc5cc(-n6c7ccc8ccccc8c7c7c8ccccc8ccc76)ccc45)[NH2+]c4ccccc43)c2)cc1. The lowest BCUT2D eigenvalue weighted by molar-refractivity contribution is -0.630. The fourth-order valence-corrected chi connectivity index (χ4v) is 8.94. The first-order valence-electron chi connectivity index (χ1n) is 18.5. The fraction of sp³-hybridized carbons (Fsp3) is 0.0400. The molecule has 2 atom stereocenters. The van der Waals surface area contributed by atoms with Crippen molar-refractivity contribution in [3.05, 3.63) is 205 Å². The molecule has 9 aromatic carbocycles. The quantitative estimate of drug-likeness (QED) is 0.179. The van der Waals surface area contributed by atoms with Gasteiger partial charge >= 0.3 is 0 Å². The summed E-state index contributed by atoms with van der Waals surface area (Å²) in [5, 5.41) is 16.7. The van der Waals surface area contributed by atoms with Gasteiger partial charge in [0, 0.05) is 27.6 Å². The van der Waals surface area contributed by atoms with E-state index in [0.29, 0.717) is 0 Å². The molecule has 0 radical (unpaired) electrons. The molecule has 0 amide bonds. The molecule has 3 N–H and O–H groups in total. The average Bonchev–Trinajstić information content (AvgIpc) is 3.59. The predicted octanol–water partition coefficient (Wildman–Crippen LogP) is 11.5. The van der Waals surface area contributed by atoms with Crippen molar-refractivity contribution in [2.75, 3.05) is 0 Å². The summed E-state index contributed by atoms with van der Waals surface area (Å²) in [6, 6.07) is 69.1. The van der Waals surface area contributed by atoms with Crippen LogP contribution in [0.3, 0.4) is 0 Å². The number of aromatic nitrogens is 1. The third kappa shape index (κ3) is 4.83. The lowest BCUT2D eigenvalue weighted by Gasteiger charge is -2.32. The van der Waals surface area contributed by atoms with Crippen LogP contribution in [0.1, 0.15) is 28.9 Å². The normalized spacial score (nSPS) is 15.8. The van der Waals surface area contributed by atoms with Crippen molar-refractivity contribution in [1.82, 2.24) is 9.88 Å². The maximum absolute atomic E-state index is 4.08. The molecule has 53 heavy (non-hydrogen) atoms. The van der Waals surface area contributed by atoms with Crippen LogP contribution in [0.4, 0.5) is 5.69 Å². The van der Waals surface area contributed by atoms with Crippen LogP contribution in [0.5, 0.6) is 0 Å². The number of hydrogen-bond donors (Lipinski definition) is 2. The van der Waals surface area contributed by atoms with Gasteiger partial charge < -0.3 is 4.57 Å². The van der Waals surface area contributed by atoms with Gasteiger partial charge in [-0.1, -0.05) is 152 Å². The minimum absolute atomic E-state index is 0.0378. The Balaban J connectivity index is 1.05. The first-order chi connectivity index (χ1) is 26.3. The minimum atomic E-state index is 0.0378. The van der Waals surface area contributed by atoms with Crippen molar-refractivity contribution >= 4 is 59.8 Å². The second kappa shape index (κ2) is 12.0. The van der Waals surface area contributed by atoms with Crippen molar-refractivity contribution in [1.29, 1.82) is 0 Å². The zero-order valence-corrected chi connectivity index (χ0v) is 29.1. The van der Waals surface area contributed by atoms with Gasteiger partial charge in [0.2, 0.25) is 0 Å². The molecule has 250 valence electrons. The van der Waals surface area contributed by atoms with Gasteiger partial charge in [-0.3, -0.25) is 10.6 Å². The van der Waals surface area contributed by atoms with Gasteiger partial charge in [0.25, 0.3) is 0 Å². The second-order valence-electron chi connectivity index (χ2n) is 14.3. The highest BCUT2D eigenvalue weighted by Crippen LogP contribution is 2.41. The summed E-state index contributed by atoms with van der Waals surface area (Å²) in [5.41, 5.74) is 11.2. The van der Waals surface area contributed by atoms with Gasteiger partial charge in [-0.15, -0.1) is 0 Å². The van der Waals surface area contributed by atoms with Crippen molar-refractivity contribution in [3.8, 4) is 16.8 Å². The van der Waals surface area contributed by atoms with Gasteiger partial charge in [-0.05, 0) is 85.4 Å². The van der Waals surface area contributed by atoms with Gasteiger partial charge in [0.1, 0.15) is 5.69 Å². The monoisotopic (exact) mass is 678 g/mol. The van der Waals surface area contributed by atoms with Crippen LogP contribution in [0.25, 0.3) is 70.9 Å². The maximum atomic E-state index is 4.08. The zero-order chi connectivity index (χ0) is 34.9. The van der Waals surface area contributed by atoms with Crippen LogP contribution in [0.2, 0.25) is 0 Å². The van der Waals surface area contributed by atoms with E-state index in [9.17, 15) is 0 Å². The van der Waals surface area contributed by atoms with Crippen molar-refractivity contribution < 1.29 is 5.32 Å². The molecule has 1 aliphatic rings. The molecule has 0 saturated carbocycles. The van der Waals surface area contributed by atoms with E-state index in [-0.39, 0.29) is 12.2 Å². The van der Waals surface area contributed by atoms with E-state index in [1.54, 1.807) is 0 Å². The molecule has 1 aromatic heterocycles. The Morgan fingerprint density at radius 1 is 0.434 bits per heavy atom. The Kier molecular flexibility index (Phi) is 6.84. The molecule has 2 unspecified atom stereocenters. The van der Waals surface area contributed by atoms with Crippen LogP contribution in [0, 0.1) is 0 Å². The van der Waals surface area contributed by atoms with Crippen LogP contribution in [-0.2, 0) is 0 Å². The number of para-hydroxylation sites is 1. The Hall–Kier alpha value is -6.52. The first kappa shape index (κ1) is 30.1. The molecule has 11 rings (SSSR count). The van der Waals surface area contributed by atoms with E-state index < -0.39 is 0 Å². The first-order valence-corrected chi connectivity index (χ1v) is 18.5. The molecular formula is C50H36N3+. The van der Waals surface area contributed by atoms with E-state index in [1.807, 2.05) is 0 Å². The summed E-state index contributed by atoms with van der Waals surface area (Å²) in [6.07, 6.45) is 0.0378. The highest BCUT2D eigenvalue weighted by Gasteiger charge is 2.32. The van der Waals surface area contributed by atoms with Crippen LogP contribution >= 0.6 is 0 Å². The number of nitrogens with zero attached hydrogens (tertiary/aromatic N) is 1. The number of quaternary nitrogens is 1. The fourth-order valence-electron chi connectivity index (χ4n) is 8.94. The number of fused-ring (bicyclic) bond motifs is 9. The van der Waals surface area contributed by atoms with Crippen LogP contribution in [0.15, 0.2) is 188 Å². The van der Waals surface area contributed by atoms with Crippen molar-refractivity contribution in [2.24, 2.45) is 0 Å². The van der Waals surface area contributed by atoms with Gasteiger partial charge in [-0.2, -0.15) is 0 Å². The lowest BCUT2D eigenvalue weighted by atomic mass is 9.91. The van der Waals surface area contributed by atoms with Gasteiger partial charge in [-0.25, -0.2) is 0 Å². The summed E-state index contributed by atoms with van der Waals surface area (Å²) in [6.45, 7) is 0. The predicted molar refractivity (Wildman–Crippen MR) is 221 cm³/mol. The number of rotatable bonds is 4. The summed E-state index contributed by atoms with van der Waals surface area (Å²) in [4.78, 5) is 0. The highest BCUT2D eigenvalue weighted by atomic mass is 15.2. The topological polar surface area (TPSA) is 33.6 Å². The van der Waals surface area contributed by atoms with Gasteiger partial charge in [0.05, 0.1) is 17.1 Å². The maximum Gasteiger partial charge on any atom is 0.172 e. The number of nitrogens with one attached hydrogen (secondary N) is 1. The number of hydrogen-bond acceptors (Lipinski definition) is 1. The van der Waals surface area contributed by atoms with Crippen LogP contribution in [-0.4, -0.2) is 4.57 Å². The van der Waals surface area contributed by atoms with Crippen LogP contribution < -0.4 is 10.6 Å². The summed E-state index contributed by atoms with van der Waals surface area (Å²) < 4.78 is 2.46. The summed E-state index contributed by atoms with van der Waals surface area (Å²) in [7, 11) is 0. The van der Waals surface area contributed by atoms with Crippen molar-refractivity contribution in [2.45, 2.75) is 12.2 Å². The second-order valence-corrected chi connectivity index (χ2v) is 14.3. The largest absolute Gasteiger partial charge is 0.309 e. The third-order valence-corrected chi connectivity index (χ3v) is 11.4. The summed E-state index contributed by atoms with van der Waals surface area (Å²) >= 11 is 0. The molecule has 3 nitrogen and oxygen atoms in total. The summed E-state index contributed by atoms with van der Waals surface area (Å²) in [5.74, 6) is 0. The minimum Gasteiger partial charge on any atom is -0.309 e. The Morgan fingerprint density at radius 3 is 1.83 bits per heavy atom. The van der Waals surface area contributed by atoms with Gasteiger partial charge in [0.15, 0.2) is 6.17 Å². The molecule has 0 spiro atoms. The molecular weight excluding hydrogens is 643 g/mol. The van der Waals surface area contributed by atoms with Crippen molar-refractivity contribution in [3.63, 3.8) is 0 Å². The standard InChI is InChI=1S/C50H35N3/c1-2-12-32(13-3-1)35-16-10-18-37(30-35)49-43-21-8-9-23-44(43)51-50(52-49)42-22-11-17-36-31-38(26-27-39(36)42)53-45-28-24-33-14-4-6-19-40(33)47(45)48-41-20-7-5-15-34(41)25-29-46(48)53/h1-31,49-52H/p+1. The molecule has 10 aromatic rings. The van der Waals surface area contributed by atoms with E-state index in [1.165, 1.54) is 93.3 Å². The number of benzene rings is 9. The van der Waals surface area contributed by atoms with E-state index in [4.69, 9.17) is 0 Å². The smallest absolute Gasteiger partial charge is 0.172 e. The Bertz CT molecular complexity index is 2940. The molecule has 3 heteroatoms. The zero-order valence-electron chi connectivity index (χ0n) is 29.1. The molecule has 1 aliphatic heterocycles. The van der Waals surface area contributed by atoms with E-state index in [0.717, 1.165) is 0 Å². The lowest BCUT2D eigenvalue weighted by Crippen LogP contribution is -2.85. The molecule has 2 heterocycles. The Morgan fingerprint density at radius 2 is 1.06 bits per heavy atom.